The predicted molar refractivity (Wildman–Crippen MR) is 104 cm³/mol. The Labute approximate surface area is 155 Å². The van der Waals surface area contributed by atoms with Crippen LogP contribution < -0.4 is 21.5 Å². The molecule has 0 saturated heterocycles. The van der Waals surface area contributed by atoms with E-state index < -0.39 is 11.2 Å². The number of pyridine rings is 1. The normalized spacial score (nSPS) is 10.8. The van der Waals surface area contributed by atoms with Crippen LogP contribution in [0.15, 0.2) is 52.1 Å². The number of nitrogens with zero attached hydrogens (tertiary/aromatic N) is 4. The van der Waals surface area contributed by atoms with Gasteiger partial charge in [-0.2, -0.15) is 0 Å². The third kappa shape index (κ3) is 3.59. The quantitative estimate of drug-likeness (QED) is 0.709. The fourth-order valence-corrected chi connectivity index (χ4v) is 2.82. The number of carbonyl (C=O) groups excluding carboxylic acids is 1. The molecule has 1 aromatic carbocycles. The molecule has 3 aromatic rings. The Morgan fingerprint density at radius 3 is 2.48 bits per heavy atom. The van der Waals surface area contributed by atoms with Gasteiger partial charge >= 0.3 is 5.69 Å². The van der Waals surface area contributed by atoms with Crippen molar-refractivity contribution in [2.75, 3.05) is 25.0 Å². The number of likely N-dealkylation sites (N-methyl/N-ethyl adjacent to an activating group) is 1. The van der Waals surface area contributed by atoms with Crippen molar-refractivity contribution in [1.29, 1.82) is 0 Å². The molecule has 0 aliphatic carbocycles. The molecule has 0 fully saturated rings. The Morgan fingerprint density at radius 2 is 1.78 bits per heavy atom. The van der Waals surface area contributed by atoms with Crippen LogP contribution in [0.1, 0.15) is 10.5 Å². The largest absolute Gasteiger partial charge is 0.373 e. The van der Waals surface area contributed by atoms with Gasteiger partial charge in [0.1, 0.15) is 11.3 Å². The van der Waals surface area contributed by atoms with Crippen LogP contribution in [-0.4, -0.2) is 40.2 Å². The molecule has 1 amide bonds. The minimum atomic E-state index is -0.484. The lowest BCUT2D eigenvalue weighted by Crippen LogP contribution is -2.38. The van der Waals surface area contributed by atoms with Crippen LogP contribution in [0, 0.1) is 0 Å². The standard InChI is InChI=1S/C19H21N5O3/c1-22(13-7-5-4-6-8-13)12-11-20-17(25)15-10-9-14-16(21-15)23(2)19(27)24(3)18(14)26/h4-10H,11-12H2,1-3H3,(H,20,25). The Morgan fingerprint density at radius 1 is 1.07 bits per heavy atom. The number of fused-ring (bicyclic) bond motifs is 1. The van der Waals surface area contributed by atoms with Crippen LogP contribution in [0.2, 0.25) is 0 Å². The molecular formula is C19H21N5O3. The molecular weight excluding hydrogens is 346 g/mol. The summed E-state index contributed by atoms with van der Waals surface area (Å²) in [5.41, 5.74) is 0.491. The third-order valence-corrected chi connectivity index (χ3v) is 4.46. The number of hydrogen-bond donors (Lipinski definition) is 1. The predicted octanol–water partition coefficient (Wildman–Crippen LogP) is 0.498. The van der Waals surface area contributed by atoms with Crippen molar-refractivity contribution in [2.24, 2.45) is 14.1 Å². The first-order chi connectivity index (χ1) is 12.9. The van der Waals surface area contributed by atoms with E-state index in [9.17, 15) is 14.4 Å². The van der Waals surface area contributed by atoms with Crippen molar-refractivity contribution in [3.63, 3.8) is 0 Å². The van der Waals surface area contributed by atoms with Crippen molar-refractivity contribution < 1.29 is 4.79 Å². The number of anilines is 1. The van der Waals surface area contributed by atoms with E-state index >= 15 is 0 Å². The van der Waals surface area contributed by atoms with Crippen LogP contribution >= 0.6 is 0 Å². The van der Waals surface area contributed by atoms with E-state index in [2.05, 4.69) is 10.3 Å². The zero-order valence-electron chi connectivity index (χ0n) is 15.5. The van der Waals surface area contributed by atoms with Gasteiger partial charge in [-0.05, 0) is 24.3 Å². The number of aromatic nitrogens is 3. The minimum absolute atomic E-state index is 0.160. The topological polar surface area (TPSA) is 89.2 Å². The second-order valence-corrected chi connectivity index (χ2v) is 6.29. The van der Waals surface area contributed by atoms with E-state index in [4.69, 9.17) is 0 Å². The second-order valence-electron chi connectivity index (χ2n) is 6.29. The fraction of sp³-hybridized carbons (Fsp3) is 0.263. The van der Waals surface area contributed by atoms with Gasteiger partial charge in [0, 0.05) is 39.9 Å². The fourth-order valence-electron chi connectivity index (χ4n) is 2.82. The highest BCUT2D eigenvalue weighted by Crippen LogP contribution is 2.10. The smallest absolute Gasteiger partial charge is 0.332 e. The zero-order chi connectivity index (χ0) is 19.6. The maximum absolute atomic E-state index is 12.4. The molecule has 0 saturated carbocycles. The van der Waals surface area contributed by atoms with E-state index in [1.54, 1.807) is 0 Å². The Kier molecular flexibility index (Phi) is 5.07. The maximum Gasteiger partial charge on any atom is 0.332 e. The summed E-state index contributed by atoms with van der Waals surface area (Å²) >= 11 is 0. The monoisotopic (exact) mass is 367 g/mol. The number of rotatable bonds is 5. The van der Waals surface area contributed by atoms with Crippen molar-refractivity contribution >= 4 is 22.6 Å². The van der Waals surface area contributed by atoms with Gasteiger partial charge in [-0.3, -0.25) is 18.7 Å². The first kappa shape index (κ1) is 18.4. The minimum Gasteiger partial charge on any atom is -0.373 e. The summed E-state index contributed by atoms with van der Waals surface area (Å²) in [4.78, 5) is 42.9. The molecule has 8 nitrogen and oxygen atoms in total. The van der Waals surface area contributed by atoms with Gasteiger partial charge in [-0.1, -0.05) is 18.2 Å². The van der Waals surface area contributed by atoms with Crippen LogP contribution in [0.25, 0.3) is 11.0 Å². The van der Waals surface area contributed by atoms with Crippen LogP contribution in [0.3, 0.4) is 0 Å². The van der Waals surface area contributed by atoms with Gasteiger partial charge in [0.15, 0.2) is 0 Å². The van der Waals surface area contributed by atoms with E-state index in [0.29, 0.717) is 18.5 Å². The molecule has 0 atom stereocenters. The van der Waals surface area contributed by atoms with Gasteiger partial charge in [0.2, 0.25) is 0 Å². The highest BCUT2D eigenvalue weighted by Gasteiger charge is 2.13. The summed E-state index contributed by atoms with van der Waals surface area (Å²) in [6, 6.07) is 12.9. The molecule has 0 aliphatic heterocycles. The average molecular weight is 367 g/mol. The lowest BCUT2D eigenvalue weighted by atomic mass is 10.2. The third-order valence-electron chi connectivity index (χ3n) is 4.46. The highest BCUT2D eigenvalue weighted by atomic mass is 16.2. The molecule has 2 aromatic heterocycles. The first-order valence-electron chi connectivity index (χ1n) is 8.51. The molecule has 0 bridgehead atoms. The SMILES string of the molecule is CN(CCNC(=O)c1ccc2c(=O)n(C)c(=O)n(C)c2n1)c1ccccc1. The lowest BCUT2D eigenvalue weighted by molar-refractivity contribution is 0.0950. The number of para-hydroxylation sites is 1. The first-order valence-corrected chi connectivity index (χ1v) is 8.51. The number of nitrogens with one attached hydrogen (secondary N) is 1. The van der Waals surface area contributed by atoms with Crippen molar-refractivity contribution in [2.45, 2.75) is 0 Å². The molecule has 140 valence electrons. The van der Waals surface area contributed by atoms with Crippen LogP contribution in [-0.2, 0) is 14.1 Å². The molecule has 8 heteroatoms. The number of hydrogen-bond acceptors (Lipinski definition) is 5. The van der Waals surface area contributed by atoms with Gasteiger partial charge < -0.3 is 10.2 Å². The van der Waals surface area contributed by atoms with Crippen LogP contribution in [0.5, 0.6) is 0 Å². The summed E-state index contributed by atoms with van der Waals surface area (Å²) in [5, 5.41) is 3.10. The molecule has 1 N–H and O–H groups in total. The van der Waals surface area contributed by atoms with Gasteiger partial charge in [-0.25, -0.2) is 9.78 Å². The zero-order valence-corrected chi connectivity index (χ0v) is 15.5. The summed E-state index contributed by atoms with van der Waals surface area (Å²) in [5.74, 6) is -0.355. The number of amides is 1. The van der Waals surface area contributed by atoms with E-state index in [1.165, 1.54) is 30.8 Å². The second kappa shape index (κ2) is 7.45. The number of benzene rings is 1. The summed E-state index contributed by atoms with van der Waals surface area (Å²) in [6.07, 6.45) is 0. The maximum atomic E-state index is 12.4. The van der Waals surface area contributed by atoms with Crippen LogP contribution in [0.4, 0.5) is 5.69 Å². The van der Waals surface area contributed by atoms with E-state index in [0.717, 1.165) is 10.3 Å². The van der Waals surface area contributed by atoms with Crippen molar-refractivity contribution in [3.8, 4) is 0 Å². The Bertz CT molecular complexity index is 1100. The molecule has 0 unspecified atom stereocenters. The molecule has 27 heavy (non-hydrogen) atoms. The molecule has 3 rings (SSSR count). The molecule has 0 aliphatic rings. The number of aryl methyl sites for hydroxylation is 1. The Balaban J connectivity index is 1.75. The Hall–Kier alpha value is -3.42. The summed E-state index contributed by atoms with van der Waals surface area (Å²) < 4.78 is 2.28. The van der Waals surface area contributed by atoms with Gasteiger partial charge in [0.05, 0.1) is 5.39 Å². The van der Waals surface area contributed by atoms with Crippen molar-refractivity contribution in [3.05, 3.63) is 69.0 Å². The molecule has 0 spiro atoms. The van der Waals surface area contributed by atoms with Gasteiger partial charge in [-0.15, -0.1) is 0 Å². The number of carbonyl (C=O) groups is 1. The van der Waals surface area contributed by atoms with Gasteiger partial charge in [0.25, 0.3) is 11.5 Å². The van der Waals surface area contributed by atoms with E-state index in [-0.39, 0.29) is 17.2 Å². The lowest BCUT2D eigenvalue weighted by Gasteiger charge is -2.19. The molecule has 2 heterocycles. The van der Waals surface area contributed by atoms with E-state index in [1.807, 2.05) is 42.3 Å². The van der Waals surface area contributed by atoms with Crippen molar-refractivity contribution in [1.82, 2.24) is 19.4 Å². The average Bonchev–Trinajstić information content (AvgIpc) is 2.70. The molecule has 0 radical (unpaired) electrons. The summed E-state index contributed by atoms with van der Waals surface area (Å²) in [7, 11) is 4.88. The highest BCUT2D eigenvalue weighted by molar-refractivity contribution is 5.94. The summed E-state index contributed by atoms with van der Waals surface area (Å²) in [6.45, 7) is 1.06.